The van der Waals surface area contributed by atoms with Gasteiger partial charge in [0.15, 0.2) is 6.61 Å². The maximum absolute atomic E-state index is 11.7. The second kappa shape index (κ2) is 7.09. The van der Waals surface area contributed by atoms with Crippen LogP contribution in [0.25, 0.3) is 10.9 Å². The van der Waals surface area contributed by atoms with Crippen molar-refractivity contribution in [3.8, 4) is 5.75 Å². The summed E-state index contributed by atoms with van der Waals surface area (Å²) >= 11 is 6.09. The van der Waals surface area contributed by atoms with Crippen molar-refractivity contribution in [1.82, 2.24) is 15.2 Å². The highest BCUT2D eigenvalue weighted by atomic mass is 35.5. The summed E-state index contributed by atoms with van der Waals surface area (Å²) in [5, 5.41) is 3.81. The van der Waals surface area contributed by atoms with E-state index >= 15 is 0 Å². The summed E-state index contributed by atoms with van der Waals surface area (Å²) < 4.78 is 5.47. The van der Waals surface area contributed by atoms with E-state index in [0.717, 1.165) is 5.39 Å². The van der Waals surface area contributed by atoms with Crippen molar-refractivity contribution in [2.45, 2.75) is 0 Å². The Bertz CT molecular complexity index is 703. The second-order valence-corrected chi connectivity index (χ2v) is 5.21. The number of pyridine rings is 1. The van der Waals surface area contributed by atoms with Crippen LogP contribution < -0.4 is 10.1 Å². The van der Waals surface area contributed by atoms with Gasteiger partial charge in [-0.1, -0.05) is 11.6 Å². The first-order chi connectivity index (χ1) is 10.5. The Hall–Kier alpha value is -2.34. The molecule has 0 spiro atoms. The first-order valence-corrected chi connectivity index (χ1v) is 6.99. The van der Waals surface area contributed by atoms with Gasteiger partial charge in [0.25, 0.3) is 5.91 Å². The van der Waals surface area contributed by atoms with Gasteiger partial charge in [-0.25, -0.2) is 0 Å². The molecule has 0 unspecified atom stereocenters. The summed E-state index contributed by atoms with van der Waals surface area (Å²) in [6, 6.07) is 6.95. The number of nitrogens with one attached hydrogen (secondary N) is 1. The van der Waals surface area contributed by atoms with Gasteiger partial charge in [-0.2, -0.15) is 0 Å². The highest BCUT2D eigenvalue weighted by Crippen LogP contribution is 2.29. The number of hydrogen-bond donors (Lipinski definition) is 1. The van der Waals surface area contributed by atoms with Crippen LogP contribution in [0.1, 0.15) is 0 Å². The van der Waals surface area contributed by atoms with E-state index in [2.05, 4.69) is 10.3 Å². The number of likely N-dealkylation sites (N-methyl/N-ethyl adjacent to an activating group) is 1. The maximum atomic E-state index is 11.7. The van der Waals surface area contributed by atoms with Gasteiger partial charge in [0, 0.05) is 25.7 Å². The van der Waals surface area contributed by atoms with Crippen LogP contribution in [-0.2, 0) is 9.59 Å². The molecule has 1 N–H and O–H groups in total. The number of rotatable bonds is 5. The van der Waals surface area contributed by atoms with E-state index in [9.17, 15) is 9.59 Å². The molecule has 6 nitrogen and oxygen atoms in total. The average Bonchev–Trinajstić information content (AvgIpc) is 2.52. The summed E-state index contributed by atoms with van der Waals surface area (Å²) in [7, 11) is 3.24. The lowest BCUT2D eigenvalue weighted by Crippen LogP contribution is -2.38. The molecule has 0 fully saturated rings. The third-order valence-corrected chi connectivity index (χ3v) is 3.30. The largest absolute Gasteiger partial charge is 0.481 e. The highest BCUT2D eigenvalue weighted by Gasteiger charge is 2.10. The molecule has 0 aliphatic heterocycles. The minimum absolute atomic E-state index is 0.0607. The number of carbonyl (C=O) groups excluding carboxylic acids is 2. The SMILES string of the molecule is CN(C)C(=O)CNC(=O)COc1ccc(Cl)c2cccnc12. The van der Waals surface area contributed by atoms with Crippen LogP contribution in [0.4, 0.5) is 0 Å². The third-order valence-electron chi connectivity index (χ3n) is 2.97. The zero-order valence-corrected chi connectivity index (χ0v) is 13.1. The number of halogens is 1. The van der Waals surface area contributed by atoms with Crippen LogP contribution >= 0.6 is 11.6 Å². The van der Waals surface area contributed by atoms with Crippen LogP contribution in [0, 0.1) is 0 Å². The Morgan fingerprint density at radius 2 is 2.09 bits per heavy atom. The second-order valence-electron chi connectivity index (χ2n) is 4.80. The molecule has 1 heterocycles. The van der Waals surface area contributed by atoms with Crippen LogP contribution in [0.3, 0.4) is 0 Å². The predicted octanol–water partition coefficient (Wildman–Crippen LogP) is 1.47. The number of fused-ring (bicyclic) bond motifs is 1. The topological polar surface area (TPSA) is 71.5 Å². The molecule has 22 heavy (non-hydrogen) atoms. The van der Waals surface area contributed by atoms with Gasteiger partial charge in [-0.15, -0.1) is 0 Å². The van der Waals surface area contributed by atoms with Crippen molar-refractivity contribution in [1.29, 1.82) is 0 Å². The Labute approximate surface area is 133 Å². The molecule has 2 amide bonds. The van der Waals surface area contributed by atoms with Gasteiger partial charge in [-0.3, -0.25) is 14.6 Å². The lowest BCUT2D eigenvalue weighted by Gasteiger charge is -2.12. The number of nitrogens with zero attached hydrogens (tertiary/aromatic N) is 2. The highest BCUT2D eigenvalue weighted by molar-refractivity contribution is 6.35. The Balaban J connectivity index is 1.99. The Morgan fingerprint density at radius 3 is 2.82 bits per heavy atom. The molecule has 1 aromatic heterocycles. The quantitative estimate of drug-likeness (QED) is 0.905. The number of aromatic nitrogens is 1. The lowest BCUT2D eigenvalue weighted by atomic mass is 10.2. The van der Waals surface area contributed by atoms with E-state index in [4.69, 9.17) is 16.3 Å². The van der Waals surface area contributed by atoms with Crippen LogP contribution in [0.15, 0.2) is 30.5 Å². The van der Waals surface area contributed by atoms with Crippen LogP contribution in [-0.4, -0.2) is 48.9 Å². The lowest BCUT2D eigenvalue weighted by molar-refractivity contribution is -0.131. The number of amides is 2. The molecule has 0 aliphatic carbocycles. The molecule has 0 radical (unpaired) electrons. The summed E-state index contributed by atoms with van der Waals surface area (Å²) in [5.74, 6) is -0.102. The fourth-order valence-corrected chi connectivity index (χ4v) is 1.97. The Morgan fingerprint density at radius 1 is 1.32 bits per heavy atom. The summed E-state index contributed by atoms with van der Waals surface area (Å²) in [4.78, 5) is 28.7. The van der Waals surface area contributed by atoms with E-state index in [1.54, 1.807) is 38.5 Å². The van der Waals surface area contributed by atoms with E-state index in [1.807, 2.05) is 6.07 Å². The molecule has 0 saturated carbocycles. The zero-order chi connectivity index (χ0) is 16.1. The summed E-state index contributed by atoms with van der Waals surface area (Å²) in [5.41, 5.74) is 0.590. The number of carbonyl (C=O) groups is 2. The normalized spacial score (nSPS) is 10.3. The molecule has 0 bridgehead atoms. The van der Waals surface area contributed by atoms with Crippen molar-refractivity contribution in [2.24, 2.45) is 0 Å². The van der Waals surface area contributed by atoms with Gasteiger partial charge in [-0.05, 0) is 24.3 Å². The van der Waals surface area contributed by atoms with E-state index < -0.39 is 0 Å². The summed E-state index contributed by atoms with van der Waals surface area (Å²) in [6.07, 6.45) is 1.63. The van der Waals surface area contributed by atoms with Crippen LogP contribution in [0.2, 0.25) is 5.02 Å². The Kier molecular flexibility index (Phi) is 5.16. The third kappa shape index (κ3) is 3.85. The van der Waals surface area contributed by atoms with Crippen molar-refractivity contribution < 1.29 is 14.3 Å². The van der Waals surface area contributed by atoms with Gasteiger partial charge in [0.05, 0.1) is 11.6 Å². The van der Waals surface area contributed by atoms with E-state index in [1.165, 1.54) is 4.90 Å². The fraction of sp³-hybridized carbons (Fsp3) is 0.267. The van der Waals surface area contributed by atoms with Gasteiger partial charge in [0.1, 0.15) is 11.3 Å². The van der Waals surface area contributed by atoms with Gasteiger partial charge in [0.2, 0.25) is 5.91 Å². The maximum Gasteiger partial charge on any atom is 0.258 e. The zero-order valence-electron chi connectivity index (χ0n) is 12.3. The van der Waals surface area contributed by atoms with Crippen LogP contribution in [0.5, 0.6) is 5.75 Å². The van der Waals surface area contributed by atoms with Crippen molar-refractivity contribution in [3.63, 3.8) is 0 Å². The number of ether oxygens (including phenoxy) is 1. The standard InChI is InChI=1S/C15H16ClN3O3/c1-19(2)14(21)8-18-13(20)9-22-12-6-5-11(16)10-4-3-7-17-15(10)12/h3-7H,8-9H2,1-2H3,(H,18,20). The van der Waals surface area contributed by atoms with Gasteiger partial charge >= 0.3 is 0 Å². The molecule has 0 aliphatic rings. The van der Waals surface area contributed by atoms with Crippen molar-refractivity contribution in [2.75, 3.05) is 27.2 Å². The predicted molar refractivity (Wildman–Crippen MR) is 84.0 cm³/mol. The molecular weight excluding hydrogens is 306 g/mol. The molecule has 1 aromatic carbocycles. The first-order valence-electron chi connectivity index (χ1n) is 6.62. The average molecular weight is 322 g/mol. The van der Waals surface area contributed by atoms with E-state index in [0.29, 0.717) is 16.3 Å². The molecule has 2 rings (SSSR count). The molecular formula is C15H16ClN3O3. The molecule has 116 valence electrons. The van der Waals surface area contributed by atoms with E-state index in [-0.39, 0.29) is 25.0 Å². The van der Waals surface area contributed by atoms with Crippen molar-refractivity contribution in [3.05, 3.63) is 35.5 Å². The molecule has 0 atom stereocenters. The molecule has 0 saturated heterocycles. The summed E-state index contributed by atoms with van der Waals surface area (Å²) in [6.45, 7) is -0.261. The monoisotopic (exact) mass is 321 g/mol. The minimum Gasteiger partial charge on any atom is -0.481 e. The number of hydrogen-bond acceptors (Lipinski definition) is 4. The van der Waals surface area contributed by atoms with Gasteiger partial charge < -0.3 is 15.0 Å². The van der Waals surface area contributed by atoms with Crippen molar-refractivity contribution >= 4 is 34.3 Å². The molecule has 7 heteroatoms. The number of benzene rings is 1. The molecule has 2 aromatic rings. The smallest absolute Gasteiger partial charge is 0.258 e. The minimum atomic E-state index is -0.380. The first kappa shape index (κ1) is 16.0. The fourth-order valence-electron chi connectivity index (χ4n) is 1.76.